The van der Waals surface area contributed by atoms with Crippen molar-refractivity contribution in [3.8, 4) is 0 Å². The second-order valence-corrected chi connectivity index (χ2v) is 5.17. The van der Waals surface area contributed by atoms with Gasteiger partial charge < -0.3 is 11.1 Å². The molecule has 0 aliphatic heterocycles. The van der Waals surface area contributed by atoms with Crippen LogP contribution in [0.15, 0.2) is 29.8 Å². The van der Waals surface area contributed by atoms with Gasteiger partial charge >= 0.3 is 0 Å². The van der Waals surface area contributed by atoms with E-state index >= 15 is 0 Å². The van der Waals surface area contributed by atoms with Gasteiger partial charge in [0.2, 0.25) is 5.91 Å². The third-order valence-corrected chi connectivity index (χ3v) is 3.63. The molecule has 2 aromatic rings. The minimum atomic E-state index is -0.667. The van der Waals surface area contributed by atoms with E-state index in [9.17, 15) is 4.79 Å². The van der Waals surface area contributed by atoms with Crippen LogP contribution in [0.1, 0.15) is 16.5 Å². The van der Waals surface area contributed by atoms with Crippen LogP contribution in [0.5, 0.6) is 0 Å². The third-order valence-electron chi connectivity index (χ3n) is 2.47. The minimum Gasteiger partial charge on any atom is -0.323 e. The molecule has 2 aromatic heterocycles. The number of nitrogens with zero attached hydrogens (tertiary/aromatic N) is 1. The van der Waals surface area contributed by atoms with Gasteiger partial charge in [-0.05, 0) is 30.0 Å². The fraction of sp³-hybridized carbons (Fsp3) is 0.167. The summed E-state index contributed by atoms with van der Waals surface area (Å²) < 4.78 is 0. The first-order valence-corrected chi connectivity index (χ1v) is 6.55. The van der Waals surface area contributed by atoms with Crippen molar-refractivity contribution in [1.82, 2.24) is 4.98 Å². The minimum absolute atomic E-state index is 0.260. The molecule has 0 fully saturated rings. The molecular weight excluding hydrogens is 270 g/mol. The van der Waals surface area contributed by atoms with Crippen molar-refractivity contribution in [1.29, 1.82) is 0 Å². The predicted octanol–water partition coefficient (Wildman–Crippen LogP) is 2.74. The Hall–Kier alpha value is -1.43. The zero-order chi connectivity index (χ0) is 13.1. The number of carbonyl (C=O) groups is 1. The van der Waals surface area contributed by atoms with Crippen LogP contribution in [0.4, 0.5) is 5.69 Å². The number of aryl methyl sites for hydroxylation is 1. The molecule has 0 aliphatic carbocycles. The fourth-order valence-electron chi connectivity index (χ4n) is 1.46. The highest BCUT2D eigenvalue weighted by atomic mass is 35.5. The van der Waals surface area contributed by atoms with Crippen LogP contribution in [-0.4, -0.2) is 10.9 Å². The van der Waals surface area contributed by atoms with Crippen molar-refractivity contribution < 1.29 is 4.79 Å². The van der Waals surface area contributed by atoms with Crippen molar-refractivity contribution in [3.63, 3.8) is 0 Å². The summed E-state index contributed by atoms with van der Waals surface area (Å²) in [5.41, 5.74) is 7.33. The average Bonchev–Trinajstić information content (AvgIpc) is 2.85. The lowest BCUT2D eigenvalue weighted by Crippen LogP contribution is -2.27. The second-order valence-electron chi connectivity index (χ2n) is 3.80. The van der Waals surface area contributed by atoms with Gasteiger partial charge in [0.15, 0.2) is 0 Å². The maximum absolute atomic E-state index is 12.0. The fourth-order valence-corrected chi connectivity index (χ4v) is 2.40. The van der Waals surface area contributed by atoms with Crippen LogP contribution >= 0.6 is 22.9 Å². The smallest absolute Gasteiger partial charge is 0.246 e. The number of pyridine rings is 1. The Balaban J connectivity index is 2.12. The number of rotatable bonds is 3. The molecule has 0 radical (unpaired) electrons. The van der Waals surface area contributed by atoms with Gasteiger partial charge in [0.1, 0.15) is 11.2 Å². The molecule has 0 bridgehead atoms. The van der Waals surface area contributed by atoms with Gasteiger partial charge in [-0.1, -0.05) is 17.7 Å². The number of anilines is 1. The Kier molecular flexibility index (Phi) is 3.96. The standard InChI is InChI=1S/C12H12ClN3OS/c1-7-5-10(13)15-6-8(7)16-12(17)11(14)9-3-2-4-18-9/h2-6,11H,14H2,1H3,(H,16,17). The lowest BCUT2D eigenvalue weighted by molar-refractivity contribution is -0.117. The number of hydrogen-bond donors (Lipinski definition) is 2. The molecule has 0 saturated heterocycles. The molecule has 3 N–H and O–H groups in total. The Morgan fingerprint density at radius 3 is 3.00 bits per heavy atom. The normalized spacial score (nSPS) is 12.2. The van der Waals surface area contributed by atoms with Gasteiger partial charge in [-0.15, -0.1) is 11.3 Å². The van der Waals surface area contributed by atoms with E-state index in [1.165, 1.54) is 17.5 Å². The molecule has 1 amide bonds. The van der Waals surface area contributed by atoms with Gasteiger partial charge in [0.25, 0.3) is 0 Å². The lowest BCUT2D eigenvalue weighted by atomic mass is 10.2. The maximum atomic E-state index is 12.0. The summed E-state index contributed by atoms with van der Waals surface area (Å²) in [4.78, 5) is 16.7. The van der Waals surface area contributed by atoms with Crippen molar-refractivity contribution in [2.45, 2.75) is 13.0 Å². The molecule has 1 unspecified atom stereocenters. The number of hydrogen-bond acceptors (Lipinski definition) is 4. The van der Waals surface area contributed by atoms with Gasteiger partial charge in [-0.25, -0.2) is 4.98 Å². The number of nitrogens with one attached hydrogen (secondary N) is 1. The van der Waals surface area contributed by atoms with E-state index in [2.05, 4.69) is 10.3 Å². The third kappa shape index (κ3) is 2.87. The Labute approximate surface area is 114 Å². The highest BCUT2D eigenvalue weighted by molar-refractivity contribution is 7.10. The Bertz CT molecular complexity index is 556. The first-order valence-electron chi connectivity index (χ1n) is 5.30. The SMILES string of the molecule is Cc1cc(Cl)ncc1NC(=O)C(N)c1cccs1. The van der Waals surface area contributed by atoms with Crippen molar-refractivity contribution in [2.75, 3.05) is 5.32 Å². The second kappa shape index (κ2) is 5.48. The van der Waals surface area contributed by atoms with E-state index in [4.69, 9.17) is 17.3 Å². The molecule has 1 atom stereocenters. The largest absolute Gasteiger partial charge is 0.323 e. The monoisotopic (exact) mass is 281 g/mol. The molecule has 18 heavy (non-hydrogen) atoms. The van der Waals surface area contributed by atoms with Crippen LogP contribution in [0.25, 0.3) is 0 Å². The summed E-state index contributed by atoms with van der Waals surface area (Å²) in [6.45, 7) is 1.85. The van der Waals surface area contributed by atoms with E-state index < -0.39 is 6.04 Å². The number of amides is 1. The molecule has 0 spiro atoms. The van der Waals surface area contributed by atoms with E-state index in [1.807, 2.05) is 24.4 Å². The zero-order valence-corrected chi connectivity index (χ0v) is 11.3. The molecule has 94 valence electrons. The van der Waals surface area contributed by atoms with Gasteiger partial charge in [0.05, 0.1) is 11.9 Å². The summed E-state index contributed by atoms with van der Waals surface area (Å²) in [5.74, 6) is -0.260. The Morgan fingerprint density at radius 2 is 2.39 bits per heavy atom. The summed E-state index contributed by atoms with van der Waals surface area (Å²) in [6.07, 6.45) is 1.52. The number of carbonyl (C=O) groups excluding carboxylic acids is 1. The number of halogens is 1. The Morgan fingerprint density at radius 1 is 1.61 bits per heavy atom. The van der Waals surface area contributed by atoms with E-state index in [-0.39, 0.29) is 5.91 Å². The van der Waals surface area contributed by atoms with E-state index in [0.29, 0.717) is 10.8 Å². The molecule has 4 nitrogen and oxygen atoms in total. The van der Waals surface area contributed by atoms with Crippen LogP contribution in [0.3, 0.4) is 0 Å². The zero-order valence-electron chi connectivity index (χ0n) is 9.68. The van der Waals surface area contributed by atoms with Gasteiger partial charge in [-0.3, -0.25) is 4.79 Å². The molecule has 2 heterocycles. The number of nitrogens with two attached hydrogens (primary N) is 1. The van der Waals surface area contributed by atoms with Crippen LogP contribution < -0.4 is 11.1 Å². The molecule has 2 rings (SSSR count). The van der Waals surface area contributed by atoms with E-state index in [0.717, 1.165) is 10.4 Å². The molecule has 0 saturated carbocycles. The molecule has 6 heteroatoms. The van der Waals surface area contributed by atoms with Crippen molar-refractivity contribution in [3.05, 3.63) is 45.4 Å². The summed E-state index contributed by atoms with van der Waals surface area (Å²) in [6, 6.07) is 4.72. The summed E-state index contributed by atoms with van der Waals surface area (Å²) in [5, 5.41) is 5.03. The predicted molar refractivity (Wildman–Crippen MR) is 73.9 cm³/mol. The van der Waals surface area contributed by atoms with Crippen molar-refractivity contribution in [2.24, 2.45) is 5.73 Å². The molecular formula is C12H12ClN3OS. The quantitative estimate of drug-likeness (QED) is 0.850. The summed E-state index contributed by atoms with van der Waals surface area (Å²) >= 11 is 7.20. The highest BCUT2D eigenvalue weighted by Crippen LogP contribution is 2.21. The van der Waals surface area contributed by atoms with Crippen LogP contribution in [0.2, 0.25) is 5.15 Å². The van der Waals surface area contributed by atoms with Crippen LogP contribution in [0, 0.1) is 6.92 Å². The van der Waals surface area contributed by atoms with Gasteiger partial charge in [0, 0.05) is 4.88 Å². The lowest BCUT2D eigenvalue weighted by Gasteiger charge is -2.12. The number of thiophene rings is 1. The number of aromatic nitrogens is 1. The molecule has 0 aromatic carbocycles. The van der Waals surface area contributed by atoms with E-state index in [1.54, 1.807) is 6.07 Å². The topological polar surface area (TPSA) is 68.0 Å². The highest BCUT2D eigenvalue weighted by Gasteiger charge is 2.17. The molecule has 0 aliphatic rings. The van der Waals surface area contributed by atoms with Crippen LogP contribution in [-0.2, 0) is 4.79 Å². The average molecular weight is 282 g/mol. The maximum Gasteiger partial charge on any atom is 0.246 e. The summed E-state index contributed by atoms with van der Waals surface area (Å²) in [7, 11) is 0. The first-order chi connectivity index (χ1) is 8.58. The van der Waals surface area contributed by atoms with Crippen molar-refractivity contribution >= 4 is 34.5 Å². The van der Waals surface area contributed by atoms with Gasteiger partial charge in [-0.2, -0.15) is 0 Å². The first kappa shape index (κ1) is 13.0.